The molecule has 1 aliphatic rings. The summed E-state index contributed by atoms with van der Waals surface area (Å²) >= 11 is 3.38. The predicted molar refractivity (Wildman–Crippen MR) is 80.2 cm³/mol. The van der Waals surface area contributed by atoms with E-state index < -0.39 is 5.97 Å². The Morgan fingerprint density at radius 2 is 2.25 bits per heavy atom. The quantitative estimate of drug-likeness (QED) is 0.859. The molecule has 1 amide bonds. The summed E-state index contributed by atoms with van der Waals surface area (Å²) in [4.78, 5) is 24.6. The van der Waals surface area contributed by atoms with Gasteiger partial charge in [-0.25, -0.2) is 0 Å². The zero-order valence-electron chi connectivity index (χ0n) is 11.0. The number of carboxylic acids is 1. The third kappa shape index (κ3) is 3.93. The maximum Gasteiger partial charge on any atom is 0.305 e. The van der Waals surface area contributed by atoms with E-state index in [2.05, 4.69) is 15.9 Å². The first-order valence-electron chi connectivity index (χ1n) is 6.52. The highest BCUT2D eigenvalue weighted by Crippen LogP contribution is 2.21. The van der Waals surface area contributed by atoms with Crippen molar-refractivity contribution in [2.75, 3.05) is 6.54 Å². The number of nitrogens with zero attached hydrogens (tertiary/aromatic N) is 1. The summed E-state index contributed by atoms with van der Waals surface area (Å²) in [6, 6.07) is 7.47. The van der Waals surface area contributed by atoms with E-state index in [-0.39, 0.29) is 18.4 Å². The van der Waals surface area contributed by atoms with Gasteiger partial charge in [-0.2, -0.15) is 0 Å². The zero-order valence-corrected chi connectivity index (χ0v) is 12.5. The number of carbonyl (C=O) groups is 2. The lowest BCUT2D eigenvalue weighted by Gasteiger charge is -2.21. The van der Waals surface area contributed by atoms with Gasteiger partial charge in [0, 0.05) is 23.1 Å². The molecule has 5 heteroatoms. The Morgan fingerprint density at radius 3 is 2.95 bits per heavy atom. The molecule has 0 aromatic heterocycles. The van der Waals surface area contributed by atoms with Gasteiger partial charge < -0.3 is 10.0 Å². The van der Waals surface area contributed by atoms with Crippen LogP contribution >= 0.6 is 15.9 Å². The lowest BCUT2D eigenvalue weighted by molar-refractivity contribution is -0.139. The summed E-state index contributed by atoms with van der Waals surface area (Å²) in [7, 11) is 0. The van der Waals surface area contributed by atoms with Crippen LogP contribution in [0.25, 0.3) is 6.08 Å². The molecule has 0 aliphatic carbocycles. The Kier molecular flexibility index (Phi) is 4.95. The lowest BCUT2D eigenvalue weighted by Crippen LogP contribution is -2.35. The highest BCUT2D eigenvalue weighted by molar-refractivity contribution is 9.10. The minimum absolute atomic E-state index is 0.0243. The van der Waals surface area contributed by atoms with Gasteiger partial charge in [0.05, 0.1) is 6.42 Å². The maximum atomic E-state index is 12.1. The van der Waals surface area contributed by atoms with E-state index in [1.807, 2.05) is 24.3 Å². The molecule has 1 saturated heterocycles. The monoisotopic (exact) mass is 337 g/mol. The number of likely N-dealkylation sites (tertiary alicyclic amines) is 1. The van der Waals surface area contributed by atoms with E-state index in [0.29, 0.717) is 6.54 Å². The number of hydrogen-bond donors (Lipinski definition) is 1. The van der Waals surface area contributed by atoms with Crippen LogP contribution in [0.4, 0.5) is 0 Å². The van der Waals surface area contributed by atoms with Crippen LogP contribution in [0.3, 0.4) is 0 Å². The van der Waals surface area contributed by atoms with Gasteiger partial charge in [0.25, 0.3) is 0 Å². The minimum Gasteiger partial charge on any atom is -0.481 e. The molecule has 0 saturated carbocycles. The first-order chi connectivity index (χ1) is 9.56. The smallest absolute Gasteiger partial charge is 0.305 e. The third-order valence-corrected chi connectivity index (χ3v) is 3.83. The molecule has 0 bridgehead atoms. The van der Waals surface area contributed by atoms with Gasteiger partial charge in [-0.3, -0.25) is 9.59 Å². The summed E-state index contributed by atoms with van der Waals surface area (Å²) in [6.07, 6.45) is 4.93. The number of carbonyl (C=O) groups excluding carboxylic acids is 1. The van der Waals surface area contributed by atoms with Crippen LogP contribution in [-0.4, -0.2) is 34.5 Å². The minimum atomic E-state index is -0.856. The lowest BCUT2D eigenvalue weighted by atomic mass is 10.1. The number of carboxylic acid groups (broad SMARTS) is 1. The molecule has 4 nitrogen and oxygen atoms in total. The maximum absolute atomic E-state index is 12.1. The van der Waals surface area contributed by atoms with Crippen LogP contribution < -0.4 is 0 Å². The Hall–Kier alpha value is -1.62. The second-order valence-corrected chi connectivity index (χ2v) is 5.73. The van der Waals surface area contributed by atoms with Gasteiger partial charge in [-0.15, -0.1) is 0 Å². The van der Waals surface area contributed by atoms with Crippen molar-refractivity contribution < 1.29 is 14.7 Å². The van der Waals surface area contributed by atoms with Crippen LogP contribution in [0, 0.1) is 0 Å². The highest BCUT2D eigenvalue weighted by atomic mass is 79.9. The average Bonchev–Trinajstić information content (AvgIpc) is 2.83. The second kappa shape index (κ2) is 6.70. The molecule has 2 rings (SSSR count). The number of amides is 1. The number of rotatable bonds is 4. The van der Waals surface area contributed by atoms with Crippen LogP contribution in [0.5, 0.6) is 0 Å². The third-order valence-electron chi connectivity index (χ3n) is 3.34. The standard InChI is InChI=1S/C15H16BrNO3/c16-12-4-1-3-11(9-12)6-7-14(18)17-8-2-5-13(17)10-15(19)20/h1,3-4,6-7,9,13H,2,5,8,10H2,(H,19,20). The molecule has 1 fully saturated rings. The predicted octanol–water partition coefficient (Wildman–Crippen LogP) is 2.93. The van der Waals surface area contributed by atoms with Crippen molar-refractivity contribution in [3.63, 3.8) is 0 Å². The fourth-order valence-corrected chi connectivity index (χ4v) is 2.83. The molecular formula is C15H16BrNO3. The number of aliphatic carboxylic acids is 1. The fourth-order valence-electron chi connectivity index (χ4n) is 2.41. The van der Waals surface area contributed by atoms with Crippen LogP contribution in [0.15, 0.2) is 34.8 Å². The molecule has 0 spiro atoms. The summed E-state index contributed by atoms with van der Waals surface area (Å²) in [6.45, 7) is 0.638. The van der Waals surface area contributed by atoms with Gasteiger partial charge >= 0.3 is 5.97 Å². The molecule has 106 valence electrons. The number of halogens is 1. The van der Waals surface area contributed by atoms with E-state index in [9.17, 15) is 9.59 Å². The average molecular weight is 338 g/mol. The number of benzene rings is 1. The Morgan fingerprint density at radius 1 is 1.45 bits per heavy atom. The van der Waals surface area contributed by atoms with Gasteiger partial charge in [0.15, 0.2) is 0 Å². The van der Waals surface area contributed by atoms with Crippen molar-refractivity contribution in [3.05, 3.63) is 40.4 Å². The second-order valence-electron chi connectivity index (χ2n) is 4.81. The Balaban J connectivity index is 2.02. The molecule has 1 heterocycles. The molecule has 1 aliphatic heterocycles. The normalized spacial score (nSPS) is 18.6. The Labute approximate surface area is 126 Å². The van der Waals surface area contributed by atoms with Crippen molar-refractivity contribution in [2.45, 2.75) is 25.3 Å². The van der Waals surface area contributed by atoms with Crippen molar-refractivity contribution in [2.24, 2.45) is 0 Å². The summed E-state index contributed by atoms with van der Waals surface area (Å²) in [5.41, 5.74) is 0.932. The van der Waals surface area contributed by atoms with Crippen molar-refractivity contribution in [1.82, 2.24) is 4.90 Å². The van der Waals surface area contributed by atoms with E-state index in [4.69, 9.17) is 5.11 Å². The first kappa shape index (κ1) is 14.8. The van der Waals surface area contributed by atoms with Gasteiger partial charge in [-0.1, -0.05) is 28.1 Å². The summed E-state index contributed by atoms with van der Waals surface area (Å²) in [5.74, 6) is -0.973. The molecule has 1 atom stereocenters. The van der Waals surface area contributed by atoms with Gasteiger partial charge in [-0.05, 0) is 36.6 Å². The molecule has 1 unspecified atom stereocenters. The van der Waals surface area contributed by atoms with Crippen molar-refractivity contribution >= 4 is 33.9 Å². The first-order valence-corrected chi connectivity index (χ1v) is 7.31. The molecule has 1 N–H and O–H groups in total. The molecular weight excluding hydrogens is 322 g/mol. The zero-order chi connectivity index (χ0) is 14.5. The summed E-state index contributed by atoms with van der Waals surface area (Å²) < 4.78 is 0.956. The Bertz CT molecular complexity index is 542. The van der Waals surface area contributed by atoms with E-state index in [1.165, 1.54) is 6.08 Å². The van der Waals surface area contributed by atoms with Crippen LogP contribution in [0.2, 0.25) is 0 Å². The molecule has 0 radical (unpaired) electrons. The number of hydrogen-bond acceptors (Lipinski definition) is 2. The SMILES string of the molecule is O=C(O)CC1CCCN1C(=O)C=Cc1cccc(Br)c1. The van der Waals surface area contributed by atoms with Crippen molar-refractivity contribution in [3.8, 4) is 0 Å². The summed E-state index contributed by atoms with van der Waals surface area (Å²) in [5, 5.41) is 8.85. The molecule has 20 heavy (non-hydrogen) atoms. The topological polar surface area (TPSA) is 57.6 Å². The van der Waals surface area contributed by atoms with E-state index in [0.717, 1.165) is 22.9 Å². The molecule has 1 aromatic carbocycles. The van der Waals surface area contributed by atoms with Gasteiger partial charge in [0.2, 0.25) is 5.91 Å². The van der Waals surface area contributed by atoms with E-state index in [1.54, 1.807) is 11.0 Å². The van der Waals surface area contributed by atoms with Gasteiger partial charge in [0.1, 0.15) is 0 Å². The van der Waals surface area contributed by atoms with Crippen molar-refractivity contribution in [1.29, 1.82) is 0 Å². The van der Waals surface area contributed by atoms with Crippen LogP contribution in [0.1, 0.15) is 24.8 Å². The molecule has 1 aromatic rings. The van der Waals surface area contributed by atoms with E-state index >= 15 is 0 Å². The fraction of sp³-hybridized carbons (Fsp3) is 0.333. The van der Waals surface area contributed by atoms with Crippen LogP contribution in [-0.2, 0) is 9.59 Å². The largest absolute Gasteiger partial charge is 0.481 e. The highest BCUT2D eigenvalue weighted by Gasteiger charge is 2.28.